The van der Waals surface area contributed by atoms with Gasteiger partial charge in [-0.2, -0.15) is 0 Å². The van der Waals surface area contributed by atoms with Gasteiger partial charge in [-0.05, 0) is 34.0 Å². The van der Waals surface area contributed by atoms with E-state index in [9.17, 15) is 4.79 Å². The smallest absolute Gasteiger partial charge is 0.237 e. The van der Waals surface area contributed by atoms with Crippen molar-refractivity contribution in [3.63, 3.8) is 0 Å². The molecule has 0 radical (unpaired) electrons. The van der Waals surface area contributed by atoms with Gasteiger partial charge in [-0.1, -0.05) is 0 Å². The summed E-state index contributed by atoms with van der Waals surface area (Å²) in [5.74, 6) is 0.257. The van der Waals surface area contributed by atoms with E-state index in [0.29, 0.717) is 12.6 Å². The topological polar surface area (TPSA) is 35.6 Å². The van der Waals surface area contributed by atoms with Gasteiger partial charge < -0.3 is 15.1 Å². The van der Waals surface area contributed by atoms with Gasteiger partial charge in [0.05, 0.1) is 6.54 Å². The lowest BCUT2D eigenvalue weighted by molar-refractivity contribution is -0.132. The maximum absolute atomic E-state index is 11.8. The fourth-order valence-corrected chi connectivity index (χ4v) is 1.97. The molecule has 1 heterocycles. The molecule has 1 saturated heterocycles. The predicted molar refractivity (Wildman–Crippen MR) is 57.2 cm³/mol. The molecule has 1 atom stereocenters. The quantitative estimate of drug-likeness (QED) is 0.678. The van der Waals surface area contributed by atoms with Crippen LogP contribution in [0.1, 0.15) is 12.8 Å². The minimum absolute atomic E-state index is 0.257. The van der Waals surface area contributed by atoms with E-state index in [-0.39, 0.29) is 5.91 Å². The van der Waals surface area contributed by atoms with Crippen molar-refractivity contribution < 1.29 is 4.79 Å². The lowest BCUT2D eigenvalue weighted by atomic mass is 10.2. The zero-order valence-electron chi connectivity index (χ0n) is 9.42. The summed E-state index contributed by atoms with van der Waals surface area (Å²) in [4.78, 5) is 15.7. The molecule has 1 aliphatic rings. The van der Waals surface area contributed by atoms with Crippen LogP contribution in [-0.4, -0.2) is 62.5 Å². The van der Waals surface area contributed by atoms with Gasteiger partial charge in [-0.25, -0.2) is 0 Å². The van der Waals surface area contributed by atoms with Crippen molar-refractivity contribution in [2.75, 3.05) is 40.8 Å². The molecule has 4 heteroatoms. The number of hydrogen-bond donors (Lipinski definition) is 1. The number of amides is 1. The molecule has 0 aromatic carbocycles. The van der Waals surface area contributed by atoms with Crippen LogP contribution in [0.4, 0.5) is 0 Å². The Morgan fingerprint density at radius 1 is 1.57 bits per heavy atom. The highest BCUT2D eigenvalue weighted by molar-refractivity contribution is 5.78. The van der Waals surface area contributed by atoms with Gasteiger partial charge in [0.2, 0.25) is 5.91 Å². The van der Waals surface area contributed by atoms with Crippen LogP contribution in [-0.2, 0) is 4.79 Å². The van der Waals surface area contributed by atoms with E-state index in [1.165, 1.54) is 0 Å². The minimum Gasteiger partial charge on any atom is -0.337 e. The monoisotopic (exact) mass is 199 g/mol. The maximum atomic E-state index is 11.8. The van der Waals surface area contributed by atoms with Crippen molar-refractivity contribution in [2.24, 2.45) is 0 Å². The normalized spacial score (nSPS) is 22.0. The second-order valence-electron chi connectivity index (χ2n) is 4.18. The molecule has 1 rings (SSSR count). The summed E-state index contributed by atoms with van der Waals surface area (Å²) in [7, 11) is 5.80. The van der Waals surface area contributed by atoms with E-state index in [4.69, 9.17) is 0 Å². The molecule has 0 aromatic rings. The summed E-state index contributed by atoms with van der Waals surface area (Å²) in [6, 6.07) is 0.410. The highest BCUT2D eigenvalue weighted by Crippen LogP contribution is 2.16. The Kier molecular flexibility index (Phi) is 4.35. The van der Waals surface area contributed by atoms with Crippen molar-refractivity contribution in [3.05, 3.63) is 0 Å². The summed E-state index contributed by atoms with van der Waals surface area (Å²) in [5.41, 5.74) is 0. The summed E-state index contributed by atoms with van der Waals surface area (Å²) in [6.07, 6.45) is 2.28. The van der Waals surface area contributed by atoms with Gasteiger partial charge in [-0.15, -0.1) is 0 Å². The lowest BCUT2D eigenvalue weighted by Gasteiger charge is -2.25. The van der Waals surface area contributed by atoms with Gasteiger partial charge in [0.25, 0.3) is 0 Å². The molecule has 82 valence electrons. The number of nitrogens with one attached hydrogen (secondary N) is 1. The number of hydrogen-bond acceptors (Lipinski definition) is 3. The first-order valence-corrected chi connectivity index (χ1v) is 5.24. The van der Waals surface area contributed by atoms with Crippen molar-refractivity contribution >= 4 is 5.91 Å². The van der Waals surface area contributed by atoms with Crippen LogP contribution in [0, 0.1) is 0 Å². The van der Waals surface area contributed by atoms with Crippen molar-refractivity contribution in [1.29, 1.82) is 0 Å². The first-order valence-electron chi connectivity index (χ1n) is 5.24. The number of carbonyl (C=O) groups excluding carboxylic acids is 1. The highest BCUT2D eigenvalue weighted by atomic mass is 16.2. The number of rotatable bonds is 4. The number of likely N-dealkylation sites (N-methyl/N-ethyl adjacent to an activating group) is 2. The van der Waals surface area contributed by atoms with E-state index in [1.807, 2.05) is 30.9 Å². The third-order valence-corrected chi connectivity index (χ3v) is 2.59. The number of likely N-dealkylation sites (tertiary alicyclic amines) is 1. The molecule has 0 spiro atoms. The zero-order chi connectivity index (χ0) is 10.6. The highest BCUT2D eigenvalue weighted by Gasteiger charge is 2.27. The predicted octanol–water partition coefficient (Wildman–Crippen LogP) is -0.242. The summed E-state index contributed by atoms with van der Waals surface area (Å²) in [5, 5.41) is 3.14. The van der Waals surface area contributed by atoms with Gasteiger partial charge in [0, 0.05) is 19.1 Å². The molecule has 1 aliphatic heterocycles. The van der Waals surface area contributed by atoms with Crippen LogP contribution in [0.2, 0.25) is 0 Å². The van der Waals surface area contributed by atoms with Gasteiger partial charge >= 0.3 is 0 Å². The van der Waals surface area contributed by atoms with Crippen LogP contribution in [0.3, 0.4) is 0 Å². The molecule has 1 amide bonds. The van der Waals surface area contributed by atoms with E-state index in [0.717, 1.165) is 25.9 Å². The Morgan fingerprint density at radius 2 is 2.29 bits per heavy atom. The molecule has 0 saturated carbocycles. The Hall–Kier alpha value is -0.610. The molecule has 1 N–H and O–H groups in total. The summed E-state index contributed by atoms with van der Waals surface area (Å²) < 4.78 is 0. The van der Waals surface area contributed by atoms with E-state index in [2.05, 4.69) is 5.32 Å². The Balaban J connectivity index is 2.44. The van der Waals surface area contributed by atoms with Gasteiger partial charge in [0.15, 0.2) is 0 Å². The zero-order valence-corrected chi connectivity index (χ0v) is 9.42. The van der Waals surface area contributed by atoms with E-state index in [1.54, 1.807) is 0 Å². The first-order chi connectivity index (χ1) is 6.65. The lowest BCUT2D eigenvalue weighted by Crippen LogP contribution is -2.44. The molecule has 0 aromatic heterocycles. The Labute approximate surface area is 86.2 Å². The van der Waals surface area contributed by atoms with Crippen LogP contribution in [0.5, 0.6) is 0 Å². The molecule has 0 aliphatic carbocycles. The molecule has 1 fully saturated rings. The average Bonchev–Trinajstić information content (AvgIpc) is 2.51. The molecule has 0 bridgehead atoms. The third-order valence-electron chi connectivity index (χ3n) is 2.59. The number of carbonyl (C=O) groups is 1. The van der Waals surface area contributed by atoms with E-state index >= 15 is 0 Å². The second-order valence-corrected chi connectivity index (χ2v) is 4.18. The minimum atomic E-state index is 0.257. The van der Waals surface area contributed by atoms with Crippen LogP contribution >= 0.6 is 0 Å². The fraction of sp³-hybridized carbons (Fsp3) is 0.900. The van der Waals surface area contributed by atoms with Crippen LogP contribution in [0.15, 0.2) is 0 Å². The van der Waals surface area contributed by atoms with Gasteiger partial charge in [0.1, 0.15) is 0 Å². The SMILES string of the molecule is CNCC1CCCN1C(=O)CN(C)C. The fourth-order valence-electron chi connectivity index (χ4n) is 1.97. The van der Waals surface area contributed by atoms with Crippen molar-refractivity contribution in [1.82, 2.24) is 15.1 Å². The standard InChI is InChI=1S/C10H21N3O/c1-11-7-9-5-4-6-13(9)10(14)8-12(2)3/h9,11H,4-8H2,1-3H3. The molecule has 4 nitrogen and oxygen atoms in total. The molecule has 1 unspecified atom stereocenters. The van der Waals surface area contributed by atoms with Crippen LogP contribution in [0.25, 0.3) is 0 Å². The second kappa shape index (κ2) is 5.32. The number of nitrogens with zero attached hydrogens (tertiary/aromatic N) is 2. The van der Waals surface area contributed by atoms with Crippen molar-refractivity contribution in [3.8, 4) is 0 Å². The van der Waals surface area contributed by atoms with Gasteiger partial charge in [-0.3, -0.25) is 4.79 Å². The first kappa shape index (κ1) is 11.5. The summed E-state index contributed by atoms with van der Waals surface area (Å²) in [6.45, 7) is 2.37. The maximum Gasteiger partial charge on any atom is 0.237 e. The molecule has 14 heavy (non-hydrogen) atoms. The Bertz CT molecular complexity index is 194. The summed E-state index contributed by atoms with van der Waals surface area (Å²) >= 11 is 0. The van der Waals surface area contributed by atoms with Crippen LogP contribution < -0.4 is 5.32 Å². The average molecular weight is 199 g/mol. The Morgan fingerprint density at radius 3 is 2.86 bits per heavy atom. The molecular formula is C10H21N3O. The molecular weight excluding hydrogens is 178 g/mol. The van der Waals surface area contributed by atoms with Crippen molar-refractivity contribution in [2.45, 2.75) is 18.9 Å². The third kappa shape index (κ3) is 2.96. The van der Waals surface area contributed by atoms with E-state index < -0.39 is 0 Å². The largest absolute Gasteiger partial charge is 0.337 e.